The predicted molar refractivity (Wildman–Crippen MR) is 90.7 cm³/mol. The summed E-state index contributed by atoms with van der Waals surface area (Å²) in [5.74, 6) is -1.10. The standard InChI is InChI=1S/C16H15NO3S2/c18-14-13(9-10-5-1-4-8-12(10)15(19)20)22-16(21)17(14)11-6-2-3-7-11/h1,4-5,8-9,11H,2-3,6-7H2,(H,19,20)/b13-9+. The van der Waals surface area contributed by atoms with Gasteiger partial charge in [0.2, 0.25) is 0 Å². The molecule has 1 aliphatic heterocycles. The summed E-state index contributed by atoms with van der Waals surface area (Å²) in [6.45, 7) is 0. The highest BCUT2D eigenvalue weighted by Crippen LogP contribution is 2.38. The van der Waals surface area contributed by atoms with Gasteiger partial charge in [0.05, 0.1) is 10.5 Å². The average molecular weight is 333 g/mol. The van der Waals surface area contributed by atoms with E-state index in [1.54, 1.807) is 29.2 Å². The summed E-state index contributed by atoms with van der Waals surface area (Å²) < 4.78 is 0.580. The Kier molecular flexibility index (Phi) is 4.31. The van der Waals surface area contributed by atoms with Crippen LogP contribution >= 0.6 is 24.0 Å². The fourth-order valence-corrected chi connectivity index (χ4v) is 4.31. The molecular weight excluding hydrogens is 318 g/mol. The van der Waals surface area contributed by atoms with Gasteiger partial charge in [0.25, 0.3) is 5.91 Å². The van der Waals surface area contributed by atoms with E-state index in [4.69, 9.17) is 12.2 Å². The molecule has 3 rings (SSSR count). The molecule has 4 nitrogen and oxygen atoms in total. The lowest BCUT2D eigenvalue weighted by atomic mass is 10.1. The second-order valence-corrected chi connectivity index (χ2v) is 7.06. The van der Waals surface area contributed by atoms with Crippen LogP contribution in [0.3, 0.4) is 0 Å². The molecule has 0 unspecified atom stereocenters. The Morgan fingerprint density at radius 1 is 1.32 bits per heavy atom. The van der Waals surface area contributed by atoms with Gasteiger partial charge in [0.1, 0.15) is 4.32 Å². The lowest BCUT2D eigenvalue weighted by molar-refractivity contribution is -0.123. The number of nitrogens with zero attached hydrogens (tertiary/aromatic N) is 1. The molecule has 1 aromatic rings. The van der Waals surface area contributed by atoms with E-state index in [1.807, 2.05) is 0 Å². The van der Waals surface area contributed by atoms with Crippen LogP contribution in [0.4, 0.5) is 0 Å². The molecule has 22 heavy (non-hydrogen) atoms. The van der Waals surface area contributed by atoms with Gasteiger partial charge >= 0.3 is 5.97 Å². The summed E-state index contributed by atoms with van der Waals surface area (Å²) in [5.41, 5.74) is 0.718. The first-order valence-corrected chi connectivity index (χ1v) is 8.40. The Hall–Kier alpha value is -1.66. The second-order valence-electron chi connectivity index (χ2n) is 5.38. The minimum absolute atomic E-state index is 0.0953. The van der Waals surface area contributed by atoms with Crippen molar-refractivity contribution < 1.29 is 14.7 Å². The van der Waals surface area contributed by atoms with Crippen molar-refractivity contribution in [3.63, 3.8) is 0 Å². The molecule has 2 fully saturated rings. The smallest absolute Gasteiger partial charge is 0.336 e. The molecule has 1 amide bonds. The third-order valence-corrected chi connectivity index (χ3v) is 5.32. The quantitative estimate of drug-likeness (QED) is 0.677. The predicted octanol–water partition coefficient (Wildman–Crippen LogP) is 3.53. The van der Waals surface area contributed by atoms with Crippen LogP contribution in [0.25, 0.3) is 6.08 Å². The number of thioether (sulfide) groups is 1. The zero-order valence-corrected chi connectivity index (χ0v) is 13.5. The molecule has 114 valence electrons. The molecule has 0 spiro atoms. The minimum atomic E-state index is -1.00. The molecule has 1 aliphatic carbocycles. The van der Waals surface area contributed by atoms with E-state index in [-0.39, 0.29) is 17.5 Å². The number of aromatic carboxylic acids is 1. The maximum absolute atomic E-state index is 12.6. The molecule has 0 atom stereocenters. The Morgan fingerprint density at radius 3 is 2.68 bits per heavy atom. The van der Waals surface area contributed by atoms with Crippen LogP contribution in [-0.2, 0) is 4.79 Å². The molecule has 6 heteroatoms. The molecule has 1 aromatic carbocycles. The van der Waals surface area contributed by atoms with E-state index in [0.29, 0.717) is 14.8 Å². The molecule has 0 aromatic heterocycles. The Balaban J connectivity index is 1.91. The minimum Gasteiger partial charge on any atom is -0.478 e. The SMILES string of the molecule is O=C(O)c1ccccc1/C=C1/SC(=S)N(C2CCCC2)C1=O. The number of carbonyl (C=O) groups excluding carboxylic acids is 1. The summed E-state index contributed by atoms with van der Waals surface area (Å²) in [5, 5.41) is 9.22. The van der Waals surface area contributed by atoms with Gasteiger partial charge in [-0.3, -0.25) is 9.69 Å². The van der Waals surface area contributed by atoms with Crippen LogP contribution in [-0.4, -0.2) is 32.2 Å². The summed E-state index contributed by atoms with van der Waals surface area (Å²) in [6.07, 6.45) is 5.87. The van der Waals surface area contributed by atoms with E-state index >= 15 is 0 Å². The van der Waals surface area contributed by atoms with Gasteiger partial charge in [-0.1, -0.05) is 55.0 Å². The first-order valence-electron chi connectivity index (χ1n) is 7.17. The molecule has 2 aliphatic rings. The molecule has 1 heterocycles. The number of carboxylic acid groups (broad SMARTS) is 1. The van der Waals surface area contributed by atoms with Crippen LogP contribution in [0, 0.1) is 0 Å². The first-order chi connectivity index (χ1) is 10.6. The molecule has 1 saturated carbocycles. The van der Waals surface area contributed by atoms with Crippen molar-refractivity contribution in [3.8, 4) is 0 Å². The number of hydrogen-bond acceptors (Lipinski definition) is 4. The molecule has 0 bridgehead atoms. The third kappa shape index (κ3) is 2.80. The number of thiocarbonyl (C=S) groups is 1. The van der Waals surface area contributed by atoms with Gasteiger partial charge in [-0.15, -0.1) is 0 Å². The number of carbonyl (C=O) groups is 2. The maximum atomic E-state index is 12.6. The highest BCUT2D eigenvalue weighted by atomic mass is 32.2. The fraction of sp³-hybridized carbons (Fsp3) is 0.312. The lowest BCUT2D eigenvalue weighted by Crippen LogP contribution is -2.36. The van der Waals surface area contributed by atoms with Crippen molar-refractivity contribution in [2.45, 2.75) is 31.7 Å². The van der Waals surface area contributed by atoms with Gasteiger partial charge in [-0.2, -0.15) is 0 Å². The number of carboxylic acids is 1. The monoisotopic (exact) mass is 333 g/mol. The van der Waals surface area contributed by atoms with Crippen molar-refractivity contribution in [2.24, 2.45) is 0 Å². The third-order valence-electron chi connectivity index (χ3n) is 3.99. The Bertz CT molecular complexity index is 678. The average Bonchev–Trinajstić information content (AvgIpc) is 3.08. The second kappa shape index (κ2) is 6.22. The largest absolute Gasteiger partial charge is 0.478 e. The fourth-order valence-electron chi connectivity index (χ4n) is 2.92. The summed E-state index contributed by atoms with van der Waals surface area (Å²) in [4.78, 5) is 26.1. The van der Waals surface area contributed by atoms with Crippen LogP contribution in [0.2, 0.25) is 0 Å². The molecule has 1 saturated heterocycles. The highest BCUT2D eigenvalue weighted by molar-refractivity contribution is 8.26. The van der Waals surface area contributed by atoms with Gasteiger partial charge < -0.3 is 5.11 Å². The number of benzene rings is 1. The van der Waals surface area contributed by atoms with Crippen molar-refractivity contribution in [2.75, 3.05) is 0 Å². The zero-order valence-electron chi connectivity index (χ0n) is 11.8. The van der Waals surface area contributed by atoms with Crippen LogP contribution in [0.1, 0.15) is 41.6 Å². The number of rotatable bonds is 3. The topological polar surface area (TPSA) is 57.6 Å². The van der Waals surface area contributed by atoms with Crippen molar-refractivity contribution in [3.05, 3.63) is 40.3 Å². The van der Waals surface area contributed by atoms with Gasteiger partial charge in [-0.05, 0) is 30.5 Å². The summed E-state index contributed by atoms with van der Waals surface area (Å²) in [6, 6.07) is 6.87. The van der Waals surface area contributed by atoms with Gasteiger partial charge in [0.15, 0.2) is 0 Å². The Labute approximate surface area is 138 Å². The van der Waals surface area contributed by atoms with E-state index < -0.39 is 5.97 Å². The van der Waals surface area contributed by atoms with E-state index in [2.05, 4.69) is 0 Å². The number of hydrogen-bond donors (Lipinski definition) is 1. The van der Waals surface area contributed by atoms with Crippen LogP contribution < -0.4 is 0 Å². The maximum Gasteiger partial charge on any atom is 0.336 e. The van der Waals surface area contributed by atoms with E-state index in [9.17, 15) is 14.7 Å². The number of amides is 1. The van der Waals surface area contributed by atoms with Gasteiger partial charge in [-0.25, -0.2) is 4.79 Å². The normalized spacial score (nSPS) is 21.1. The van der Waals surface area contributed by atoms with E-state index in [0.717, 1.165) is 25.7 Å². The highest BCUT2D eigenvalue weighted by Gasteiger charge is 2.38. The van der Waals surface area contributed by atoms with Crippen molar-refractivity contribution in [1.82, 2.24) is 4.90 Å². The van der Waals surface area contributed by atoms with E-state index in [1.165, 1.54) is 17.8 Å². The molecular formula is C16H15NO3S2. The zero-order chi connectivity index (χ0) is 15.7. The molecule has 1 N–H and O–H groups in total. The van der Waals surface area contributed by atoms with Crippen LogP contribution in [0.5, 0.6) is 0 Å². The van der Waals surface area contributed by atoms with Crippen LogP contribution in [0.15, 0.2) is 29.2 Å². The van der Waals surface area contributed by atoms with Gasteiger partial charge in [0, 0.05) is 6.04 Å². The van der Waals surface area contributed by atoms with Crippen molar-refractivity contribution >= 4 is 46.3 Å². The summed E-state index contributed by atoms with van der Waals surface area (Å²) >= 11 is 6.60. The summed E-state index contributed by atoms with van der Waals surface area (Å²) in [7, 11) is 0. The lowest BCUT2D eigenvalue weighted by Gasteiger charge is -2.21. The van der Waals surface area contributed by atoms with Crippen molar-refractivity contribution in [1.29, 1.82) is 0 Å². The molecule has 0 radical (unpaired) electrons. The Morgan fingerprint density at radius 2 is 2.00 bits per heavy atom. The first kappa shape index (κ1) is 15.2.